The lowest BCUT2D eigenvalue weighted by Crippen LogP contribution is -2.59. The lowest BCUT2D eigenvalue weighted by Gasteiger charge is -2.40. The molecular formula is C9H18FNO3. The fraction of sp³-hybridized carbons (Fsp3) is 1.00. The highest BCUT2D eigenvalue weighted by atomic mass is 19.1. The van der Waals surface area contributed by atoms with Gasteiger partial charge < -0.3 is 20.7 Å². The SMILES string of the molecule is CC(C)[C@H]1O[C@H](CN)[C@@H](O)[C@H](F)[C@H]1O. The summed E-state index contributed by atoms with van der Waals surface area (Å²) in [6, 6.07) is 0. The quantitative estimate of drug-likeness (QED) is 0.566. The van der Waals surface area contributed by atoms with Gasteiger partial charge in [0, 0.05) is 6.54 Å². The first-order valence-electron chi connectivity index (χ1n) is 4.84. The van der Waals surface area contributed by atoms with Gasteiger partial charge in [-0.3, -0.25) is 0 Å². The van der Waals surface area contributed by atoms with Crippen LogP contribution in [0, 0.1) is 5.92 Å². The molecule has 0 spiro atoms. The van der Waals surface area contributed by atoms with Gasteiger partial charge in [-0.15, -0.1) is 0 Å². The third kappa shape index (κ3) is 2.06. The predicted octanol–water partition coefficient (Wildman–Crippen LogP) is -0.572. The van der Waals surface area contributed by atoms with Crippen LogP contribution < -0.4 is 5.73 Å². The second kappa shape index (κ2) is 4.53. The summed E-state index contributed by atoms with van der Waals surface area (Å²) in [5, 5.41) is 18.9. The number of halogens is 1. The van der Waals surface area contributed by atoms with Crippen molar-refractivity contribution in [1.82, 2.24) is 0 Å². The molecule has 0 aliphatic carbocycles. The van der Waals surface area contributed by atoms with Crippen molar-refractivity contribution >= 4 is 0 Å². The van der Waals surface area contributed by atoms with Crippen LogP contribution in [0.3, 0.4) is 0 Å². The molecule has 0 amide bonds. The number of alkyl halides is 1. The van der Waals surface area contributed by atoms with Crippen LogP contribution in [0.1, 0.15) is 13.8 Å². The summed E-state index contributed by atoms with van der Waals surface area (Å²) < 4.78 is 18.7. The molecule has 0 aromatic heterocycles. The molecule has 0 aromatic carbocycles. The standard InChI is InChI=1S/C9H18FNO3/c1-4(2)9-8(13)6(10)7(12)5(3-11)14-9/h4-9,12-13H,3,11H2,1-2H3/t5-,6+,7-,8-,9-/m1/s1. The van der Waals surface area contributed by atoms with Crippen LogP contribution >= 0.6 is 0 Å². The predicted molar refractivity (Wildman–Crippen MR) is 49.5 cm³/mol. The van der Waals surface area contributed by atoms with Crippen LogP contribution in [0.15, 0.2) is 0 Å². The Morgan fingerprint density at radius 2 is 1.93 bits per heavy atom. The monoisotopic (exact) mass is 207 g/mol. The summed E-state index contributed by atoms with van der Waals surface area (Å²) in [6.07, 6.45) is -5.59. The molecule has 1 aliphatic heterocycles. The van der Waals surface area contributed by atoms with Gasteiger partial charge in [-0.25, -0.2) is 4.39 Å². The van der Waals surface area contributed by atoms with Crippen LogP contribution in [0.5, 0.6) is 0 Å². The molecule has 4 N–H and O–H groups in total. The molecule has 84 valence electrons. The van der Waals surface area contributed by atoms with E-state index in [-0.39, 0.29) is 12.5 Å². The normalized spacial score (nSPS) is 44.4. The summed E-state index contributed by atoms with van der Waals surface area (Å²) in [4.78, 5) is 0. The molecule has 0 bridgehead atoms. The third-order valence-electron chi connectivity index (χ3n) is 2.59. The van der Waals surface area contributed by atoms with E-state index in [4.69, 9.17) is 10.5 Å². The third-order valence-corrected chi connectivity index (χ3v) is 2.59. The lowest BCUT2D eigenvalue weighted by atomic mass is 9.90. The molecular weight excluding hydrogens is 189 g/mol. The summed E-state index contributed by atoms with van der Waals surface area (Å²) in [6.45, 7) is 3.70. The minimum absolute atomic E-state index is 0.00944. The Kier molecular flexibility index (Phi) is 3.83. The molecule has 4 nitrogen and oxygen atoms in total. The maximum atomic E-state index is 13.4. The van der Waals surface area contributed by atoms with Crippen molar-refractivity contribution in [2.75, 3.05) is 6.54 Å². The molecule has 5 atom stereocenters. The van der Waals surface area contributed by atoms with Crippen molar-refractivity contribution in [2.45, 2.75) is 44.4 Å². The molecule has 14 heavy (non-hydrogen) atoms. The Labute approximate surface area is 82.9 Å². The lowest BCUT2D eigenvalue weighted by molar-refractivity contribution is -0.211. The number of aliphatic hydroxyl groups is 2. The first-order chi connectivity index (χ1) is 6.49. The number of aliphatic hydroxyl groups excluding tert-OH is 2. The molecule has 1 rings (SSSR count). The summed E-state index contributed by atoms with van der Waals surface area (Å²) in [7, 11) is 0. The zero-order valence-electron chi connectivity index (χ0n) is 8.43. The fourth-order valence-electron chi connectivity index (χ4n) is 1.70. The van der Waals surface area contributed by atoms with Crippen LogP contribution in [0.4, 0.5) is 4.39 Å². The van der Waals surface area contributed by atoms with E-state index in [9.17, 15) is 14.6 Å². The molecule has 0 aromatic rings. The highest BCUT2D eigenvalue weighted by molar-refractivity contribution is 4.93. The van der Waals surface area contributed by atoms with Gasteiger partial charge in [0.1, 0.15) is 12.2 Å². The number of rotatable bonds is 2. The zero-order chi connectivity index (χ0) is 10.9. The molecule has 1 heterocycles. The Hall–Kier alpha value is -0.230. The van der Waals surface area contributed by atoms with Gasteiger partial charge in [0.05, 0.1) is 12.2 Å². The maximum absolute atomic E-state index is 13.4. The largest absolute Gasteiger partial charge is 0.387 e. The Morgan fingerprint density at radius 1 is 1.36 bits per heavy atom. The van der Waals surface area contributed by atoms with E-state index in [1.807, 2.05) is 13.8 Å². The maximum Gasteiger partial charge on any atom is 0.157 e. The topological polar surface area (TPSA) is 75.7 Å². The van der Waals surface area contributed by atoms with Gasteiger partial charge in [0.25, 0.3) is 0 Å². The van der Waals surface area contributed by atoms with E-state index in [1.54, 1.807) is 0 Å². The number of hydrogen-bond donors (Lipinski definition) is 3. The van der Waals surface area contributed by atoms with Crippen LogP contribution in [0.2, 0.25) is 0 Å². The minimum atomic E-state index is -1.68. The van der Waals surface area contributed by atoms with Crippen molar-refractivity contribution in [2.24, 2.45) is 11.7 Å². The minimum Gasteiger partial charge on any atom is -0.387 e. The second-order valence-electron chi connectivity index (χ2n) is 4.04. The van der Waals surface area contributed by atoms with Gasteiger partial charge in [-0.2, -0.15) is 0 Å². The van der Waals surface area contributed by atoms with E-state index in [0.29, 0.717) is 0 Å². The summed E-state index contributed by atoms with van der Waals surface area (Å²) in [5.41, 5.74) is 5.33. The van der Waals surface area contributed by atoms with E-state index in [0.717, 1.165) is 0 Å². The average Bonchev–Trinajstić information content (AvgIpc) is 2.14. The van der Waals surface area contributed by atoms with E-state index >= 15 is 0 Å². The van der Waals surface area contributed by atoms with E-state index < -0.39 is 30.6 Å². The molecule has 0 radical (unpaired) electrons. The first kappa shape index (κ1) is 11.8. The van der Waals surface area contributed by atoms with Crippen molar-refractivity contribution < 1.29 is 19.3 Å². The first-order valence-corrected chi connectivity index (χ1v) is 4.84. The van der Waals surface area contributed by atoms with Crippen molar-refractivity contribution in [3.05, 3.63) is 0 Å². The van der Waals surface area contributed by atoms with Crippen LogP contribution in [0.25, 0.3) is 0 Å². The van der Waals surface area contributed by atoms with Gasteiger partial charge >= 0.3 is 0 Å². The van der Waals surface area contributed by atoms with Gasteiger partial charge in [0.2, 0.25) is 0 Å². The van der Waals surface area contributed by atoms with E-state index in [2.05, 4.69) is 0 Å². The Bertz CT molecular complexity index is 189. The fourth-order valence-corrected chi connectivity index (χ4v) is 1.70. The van der Waals surface area contributed by atoms with Gasteiger partial charge in [-0.1, -0.05) is 13.8 Å². The van der Waals surface area contributed by atoms with Crippen molar-refractivity contribution in [3.8, 4) is 0 Å². The van der Waals surface area contributed by atoms with E-state index in [1.165, 1.54) is 0 Å². The number of hydrogen-bond acceptors (Lipinski definition) is 4. The second-order valence-corrected chi connectivity index (χ2v) is 4.04. The molecule has 5 heteroatoms. The summed E-state index contributed by atoms with van der Waals surface area (Å²) >= 11 is 0. The average molecular weight is 207 g/mol. The van der Waals surface area contributed by atoms with Crippen molar-refractivity contribution in [3.63, 3.8) is 0 Å². The smallest absolute Gasteiger partial charge is 0.157 e. The zero-order valence-corrected chi connectivity index (χ0v) is 8.43. The molecule has 1 aliphatic rings. The van der Waals surface area contributed by atoms with Crippen LogP contribution in [-0.2, 0) is 4.74 Å². The van der Waals surface area contributed by atoms with Gasteiger partial charge in [-0.05, 0) is 5.92 Å². The highest BCUT2D eigenvalue weighted by Crippen LogP contribution is 2.27. The van der Waals surface area contributed by atoms with Crippen molar-refractivity contribution in [1.29, 1.82) is 0 Å². The number of ether oxygens (including phenoxy) is 1. The van der Waals surface area contributed by atoms with Crippen LogP contribution in [-0.4, -0.2) is 47.3 Å². The Morgan fingerprint density at radius 3 is 2.36 bits per heavy atom. The molecule has 0 unspecified atom stereocenters. The Balaban J connectivity index is 2.73. The number of nitrogens with two attached hydrogens (primary N) is 1. The molecule has 1 saturated heterocycles. The molecule has 0 saturated carbocycles. The highest BCUT2D eigenvalue weighted by Gasteiger charge is 2.45. The molecule has 1 fully saturated rings. The van der Waals surface area contributed by atoms with Gasteiger partial charge in [0.15, 0.2) is 6.17 Å². The summed E-state index contributed by atoms with van der Waals surface area (Å²) in [5.74, 6) is -0.00944.